The molecule has 0 radical (unpaired) electrons. The monoisotopic (exact) mass is 276 g/mol. The normalized spacial score (nSPS) is 19.0. The van der Waals surface area contributed by atoms with E-state index in [9.17, 15) is 13.2 Å². The van der Waals surface area contributed by atoms with Gasteiger partial charge in [0.15, 0.2) is 0 Å². The van der Waals surface area contributed by atoms with Gasteiger partial charge in [-0.15, -0.1) is 0 Å². The predicted octanol–water partition coefficient (Wildman–Crippen LogP) is 0.917. The number of nitrogens with zero attached hydrogens (tertiary/aromatic N) is 2. The van der Waals surface area contributed by atoms with Crippen molar-refractivity contribution in [1.29, 1.82) is 0 Å². The maximum absolute atomic E-state index is 12.2. The van der Waals surface area contributed by atoms with Crippen LogP contribution in [0.3, 0.4) is 0 Å². The predicted molar refractivity (Wildman–Crippen MR) is 71.7 cm³/mol. The van der Waals surface area contributed by atoms with Crippen molar-refractivity contribution in [2.75, 3.05) is 32.4 Å². The van der Waals surface area contributed by atoms with Gasteiger partial charge >= 0.3 is 0 Å². The van der Waals surface area contributed by atoms with Gasteiger partial charge in [-0.05, 0) is 19.3 Å². The van der Waals surface area contributed by atoms with Gasteiger partial charge in [-0.3, -0.25) is 4.79 Å². The Hall–Kier alpha value is -0.620. The molecule has 0 unspecified atom stereocenters. The van der Waals surface area contributed by atoms with Gasteiger partial charge in [0.05, 0.1) is 6.26 Å². The molecule has 1 heterocycles. The minimum Gasteiger partial charge on any atom is -0.341 e. The summed E-state index contributed by atoms with van der Waals surface area (Å²) < 4.78 is 24.4. The van der Waals surface area contributed by atoms with E-state index in [-0.39, 0.29) is 11.8 Å². The van der Waals surface area contributed by atoms with E-state index in [1.54, 1.807) is 0 Å². The van der Waals surface area contributed by atoms with Gasteiger partial charge in [-0.25, -0.2) is 12.7 Å². The van der Waals surface area contributed by atoms with Crippen LogP contribution in [0.2, 0.25) is 0 Å². The van der Waals surface area contributed by atoms with Crippen LogP contribution in [0.15, 0.2) is 0 Å². The summed E-state index contributed by atoms with van der Waals surface area (Å²) in [6, 6.07) is 0. The first kappa shape index (κ1) is 15.4. The van der Waals surface area contributed by atoms with Gasteiger partial charge in [-0.1, -0.05) is 13.8 Å². The van der Waals surface area contributed by atoms with Gasteiger partial charge in [0, 0.05) is 32.1 Å². The standard InChI is InChI=1S/C12H24N2O3S/c1-4-11(5-2)12(15)13-7-6-8-14(10-9-13)18(3,16)17/h11H,4-10H2,1-3H3. The molecule has 0 aromatic heterocycles. The Balaban J connectivity index is 2.65. The van der Waals surface area contributed by atoms with Gasteiger partial charge in [0.2, 0.25) is 15.9 Å². The average Bonchev–Trinajstić information content (AvgIpc) is 2.55. The molecule has 0 N–H and O–H groups in total. The second kappa shape index (κ2) is 6.52. The Labute approximate surface area is 110 Å². The van der Waals surface area contributed by atoms with E-state index in [1.807, 2.05) is 18.7 Å². The fourth-order valence-electron chi connectivity index (χ4n) is 2.34. The van der Waals surface area contributed by atoms with Gasteiger partial charge in [0.25, 0.3) is 0 Å². The number of carbonyl (C=O) groups excluding carboxylic acids is 1. The first-order valence-corrected chi connectivity index (χ1v) is 8.48. The summed E-state index contributed by atoms with van der Waals surface area (Å²) in [6.45, 7) is 6.17. The molecule has 6 heteroatoms. The Morgan fingerprint density at radius 2 is 1.72 bits per heavy atom. The molecular formula is C12H24N2O3S. The van der Waals surface area contributed by atoms with Crippen LogP contribution in [0.4, 0.5) is 0 Å². The Bertz CT molecular complexity index is 377. The van der Waals surface area contributed by atoms with Crippen LogP contribution in [-0.4, -0.2) is 56.0 Å². The highest BCUT2D eigenvalue weighted by atomic mass is 32.2. The molecule has 0 aromatic carbocycles. The molecule has 0 spiro atoms. The van der Waals surface area contributed by atoms with Crippen molar-refractivity contribution in [2.24, 2.45) is 5.92 Å². The van der Waals surface area contributed by atoms with Crippen molar-refractivity contribution in [3.63, 3.8) is 0 Å². The minimum absolute atomic E-state index is 0.0785. The number of hydrogen-bond acceptors (Lipinski definition) is 3. The lowest BCUT2D eigenvalue weighted by Gasteiger charge is -2.25. The van der Waals surface area contributed by atoms with E-state index in [2.05, 4.69) is 0 Å². The quantitative estimate of drug-likeness (QED) is 0.767. The van der Waals surface area contributed by atoms with Gasteiger partial charge < -0.3 is 4.90 Å². The number of rotatable bonds is 4. The van der Waals surface area contributed by atoms with Crippen LogP contribution in [-0.2, 0) is 14.8 Å². The van der Waals surface area contributed by atoms with Gasteiger partial charge in [-0.2, -0.15) is 0 Å². The third-order valence-corrected chi connectivity index (χ3v) is 4.87. The molecule has 0 saturated carbocycles. The Morgan fingerprint density at radius 3 is 2.22 bits per heavy atom. The van der Waals surface area contributed by atoms with E-state index < -0.39 is 10.0 Å². The van der Waals surface area contributed by atoms with Crippen molar-refractivity contribution in [1.82, 2.24) is 9.21 Å². The average molecular weight is 276 g/mol. The first-order chi connectivity index (χ1) is 8.40. The third kappa shape index (κ3) is 3.95. The maximum atomic E-state index is 12.2. The van der Waals surface area contributed by atoms with Crippen LogP contribution < -0.4 is 0 Å². The van der Waals surface area contributed by atoms with Crippen LogP contribution in [0.1, 0.15) is 33.1 Å². The number of hydrogen-bond donors (Lipinski definition) is 0. The Morgan fingerprint density at radius 1 is 1.11 bits per heavy atom. The summed E-state index contributed by atoms with van der Waals surface area (Å²) in [4.78, 5) is 14.0. The summed E-state index contributed by atoms with van der Waals surface area (Å²) in [5.41, 5.74) is 0. The van der Waals surface area contributed by atoms with Crippen molar-refractivity contribution in [2.45, 2.75) is 33.1 Å². The molecule has 1 rings (SSSR count). The highest BCUT2D eigenvalue weighted by Crippen LogP contribution is 2.14. The second-order valence-corrected chi connectivity index (χ2v) is 6.84. The van der Waals surface area contributed by atoms with Gasteiger partial charge in [0.1, 0.15) is 0 Å². The molecule has 0 atom stereocenters. The molecule has 1 saturated heterocycles. The lowest BCUT2D eigenvalue weighted by atomic mass is 10.0. The highest BCUT2D eigenvalue weighted by molar-refractivity contribution is 7.88. The summed E-state index contributed by atoms with van der Waals surface area (Å²) in [6.07, 6.45) is 3.65. The molecule has 1 aliphatic heterocycles. The summed E-state index contributed by atoms with van der Waals surface area (Å²) >= 11 is 0. The summed E-state index contributed by atoms with van der Waals surface area (Å²) in [5.74, 6) is 0.255. The molecular weight excluding hydrogens is 252 g/mol. The van der Waals surface area contributed by atoms with E-state index in [4.69, 9.17) is 0 Å². The zero-order valence-corrected chi connectivity index (χ0v) is 12.4. The molecule has 18 heavy (non-hydrogen) atoms. The van der Waals surface area contributed by atoms with E-state index >= 15 is 0 Å². The molecule has 0 bridgehead atoms. The van der Waals surface area contributed by atoms with E-state index in [1.165, 1.54) is 10.6 Å². The number of sulfonamides is 1. The van der Waals surface area contributed by atoms with Crippen LogP contribution in [0, 0.1) is 5.92 Å². The first-order valence-electron chi connectivity index (χ1n) is 6.64. The van der Waals surface area contributed by atoms with E-state index in [0.717, 1.165) is 19.3 Å². The molecule has 1 aliphatic rings. The molecule has 5 nitrogen and oxygen atoms in total. The van der Waals surface area contributed by atoms with Crippen LogP contribution in [0.25, 0.3) is 0 Å². The lowest BCUT2D eigenvalue weighted by molar-refractivity contribution is -0.135. The minimum atomic E-state index is -3.13. The summed E-state index contributed by atoms with van der Waals surface area (Å²) in [5, 5.41) is 0. The number of carbonyl (C=O) groups is 1. The topological polar surface area (TPSA) is 57.7 Å². The fourth-order valence-corrected chi connectivity index (χ4v) is 3.22. The SMILES string of the molecule is CCC(CC)C(=O)N1CCCN(S(C)(=O)=O)CC1. The third-order valence-electron chi connectivity index (χ3n) is 3.57. The molecule has 106 valence electrons. The molecule has 1 amide bonds. The second-order valence-electron chi connectivity index (χ2n) is 4.85. The Kier molecular flexibility index (Phi) is 5.59. The lowest BCUT2D eigenvalue weighted by Crippen LogP contribution is -2.39. The fraction of sp³-hybridized carbons (Fsp3) is 0.917. The van der Waals surface area contributed by atoms with Crippen molar-refractivity contribution >= 4 is 15.9 Å². The van der Waals surface area contributed by atoms with Crippen molar-refractivity contribution in [3.8, 4) is 0 Å². The zero-order chi connectivity index (χ0) is 13.8. The highest BCUT2D eigenvalue weighted by Gasteiger charge is 2.26. The summed E-state index contributed by atoms with van der Waals surface area (Å²) in [7, 11) is -3.13. The smallest absolute Gasteiger partial charge is 0.225 e. The van der Waals surface area contributed by atoms with Crippen LogP contribution >= 0.6 is 0 Å². The molecule has 1 fully saturated rings. The van der Waals surface area contributed by atoms with Crippen molar-refractivity contribution < 1.29 is 13.2 Å². The van der Waals surface area contributed by atoms with E-state index in [0.29, 0.717) is 26.2 Å². The number of amides is 1. The molecule has 0 aliphatic carbocycles. The largest absolute Gasteiger partial charge is 0.341 e. The zero-order valence-electron chi connectivity index (χ0n) is 11.6. The van der Waals surface area contributed by atoms with Crippen molar-refractivity contribution in [3.05, 3.63) is 0 Å². The van der Waals surface area contributed by atoms with Crippen LogP contribution in [0.5, 0.6) is 0 Å². The molecule has 0 aromatic rings. The maximum Gasteiger partial charge on any atom is 0.225 e.